The van der Waals surface area contributed by atoms with Crippen LogP contribution in [0.15, 0.2) is 29.0 Å². The molecule has 1 fully saturated rings. The molecule has 0 radical (unpaired) electrons. The molecule has 0 N–H and O–H groups in total. The Morgan fingerprint density at radius 2 is 2.24 bits per heavy atom. The maximum Gasteiger partial charge on any atom is 0.223 e. The highest BCUT2D eigenvalue weighted by Gasteiger charge is 2.29. The molecule has 25 heavy (non-hydrogen) atoms. The summed E-state index contributed by atoms with van der Waals surface area (Å²) in [6.45, 7) is 1.63. The van der Waals surface area contributed by atoms with E-state index in [1.54, 1.807) is 12.4 Å². The first-order valence-corrected chi connectivity index (χ1v) is 9.06. The molecule has 2 aliphatic rings. The summed E-state index contributed by atoms with van der Waals surface area (Å²) in [5.74, 6) is 2.42. The average Bonchev–Trinajstić information content (AvgIpc) is 3.30. The second-order valence-electron chi connectivity index (χ2n) is 6.93. The molecule has 0 atom stereocenters. The Morgan fingerprint density at radius 1 is 1.36 bits per heavy atom. The average molecular weight is 341 g/mol. The van der Waals surface area contributed by atoms with E-state index in [1.807, 2.05) is 17.0 Å². The van der Waals surface area contributed by atoms with Crippen molar-refractivity contribution in [3.63, 3.8) is 0 Å². The van der Waals surface area contributed by atoms with Crippen molar-refractivity contribution >= 4 is 5.91 Å². The molecule has 3 heterocycles. The van der Waals surface area contributed by atoms with E-state index in [4.69, 9.17) is 9.26 Å². The van der Waals surface area contributed by atoms with Gasteiger partial charge in [0.15, 0.2) is 0 Å². The van der Waals surface area contributed by atoms with Crippen molar-refractivity contribution in [2.24, 2.45) is 5.92 Å². The van der Waals surface area contributed by atoms with Gasteiger partial charge in [0.1, 0.15) is 23.8 Å². The molecular formula is C19H23N3O3. The van der Waals surface area contributed by atoms with Crippen molar-refractivity contribution in [3.05, 3.63) is 41.5 Å². The number of hydrogen-bond donors (Lipinski definition) is 0. The highest BCUT2D eigenvalue weighted by molar-refractivity contribution is 5.76. The van der Waals surface area contributed by atoms with Gasteiger partial charge in [-0.05, 0) is 30.9 Å². The molecule has 4 rings (SSSR count). The standard InChI is InChI=1S/C19H23N3O3/c23-19(10-14-4-1-2-5-14)22-9-7-18-16(12-22)17(21-25-18)13-24-15-6-3-8-20-11-15/h3,6,8,11,14H,1-2,4-5,7,9-10,12-13H2. The van der Waals surface area contributed by atoms with Crippen LogP contribution in [0.2, 0.25) is 0 Å². The molecule has 0 bridgehead atoms. The molecule has 6 heteroatoms. The van der Waals surface area contributed by atoms with Gasteiger partial charge in [-0.1, -0.05) is 18.0 Å². The SMILES string of the molecule is O=C(CC1CCCC1)N1CCc2onc(COc3cccnc3)c2C1. The lowest BCUT2D eigenvalue weighted by molar-refractivity contribution is -0.133. The van der Waals surface area contributed by atoms with E-state index in [0.29, 0.717) is 31.2 Å². The van der Waals surface area contributed by atoms with Gasteiger partial charge in [-0.2, -0.15) is 0 Å². The van der Waals surface area contributed by atoms with Gasteiger partial charge in [-0.15, -0.1) is 0 Å². The zero-order valence-corrected chi connectivity index (χ0v) is 14.3. The van der Waals surface area contributed by atoms with E-state index in [2.05, 4.69) is 10.1 Å². The molecule has 1 amide bonds. The predicted octanol–water partition coefficient (Wildman–Crippen LogP) is 3.11. The number of carbonyl (C=O) groups is 1. The lowest BCUT2D eigenvalue weighted by Crippen LogP contribution is -2.36. The first-order valence-electron chi connectivity index (χ1n) is 9.06. The van der Waals surface area contributed by atoms with Crippen molar-refractivity contribution in [3.8, 4) is 5.75 Å². The third-order valence-electron chi connectivity index (χ3n) is 5.21. The minimum Gasteiger partial charge on any atom is -0.486 e. The summed E-state index contributed by atoms with van der Waals surface area (Å²) in [6.07, 6.45) is 9.72. The Labute approximate surface area is 147 Å². The topological polar surface area (TPSA) is 68.5 Å². The van der Waals surface area contributed by atoms with Crippen LogP contribution in [0, 0.1) is 5.92 Å². The fourth-order valence-corrected chi connectivity index (χ4v) is 3.76. The van der Waals surface area contributed by atoms with Crippen LogP contribution < -0.4 is 4.74 Å². The maximum absolute atomic E-state index is 12.6. The number of amides is 1. The van der Waals surface area contributed by atoms with Gasteiger partial charge in [0.25, 0.3) is 0 Å². The van der Waals surface area contributed by atoms with Crippen LogP contribution in [0.25, 0.3) is 0 Å². The fraction of sp³-hybridized carbons (Fsp3) is 0.526. The quantitative estimate of drug-likeness (QED) is 0.836. The van der Waals surface area contributed by atoms with E-state index in [1.165, 1.54) is 25.7 Å². The number of rotatable bonds is 5. The number of pyridine rings is 1. The van der Waals surface area contributed by atoms with Crippen LogP contribution in [0.5, 0.6) is 5.75 Å². The normalized spacial score (nSPS) is 17.5. The van der Waals surface area contributed by atoms with Crippen molar-refractivity contribution in [1.82, 2.24) is 15.0 Å². The molecule has 0 aromatic carbocycles. The van der Waals surface area contributed by atoms with E-state index in [9.17, 15) is 4.79 Å². The molecule has 0 saturated heterocycles. The summed E-state index contributed by atoms with van der Waals surface area (Å²) >= 11 is 0. The molecule has 132 valence electrons. The summed E-state index contributed by atoms with van der Waals surface area (Å²) in [5.41, 5.74) is 1.78. The summed E-state index contributed by atoms with van der Waals surface area (Å²) in [4.78, 5) is 18.6. The van der Waals surface area contributed by atoms with Gasteiger partial charge in [0.2, 0.25) is 5.91 Å². The summed E-state index contributed by atoms with van der Waals surface area (Å²) in [5, 5.41) is 4.15. The van der Waals surface area contributed by atoms with E-state index < -0.39 is 0 Å². The molecule has 1 aliphatic carbocycles. The maximum atomic E-state index is 12.6. The number of ether oxygens (including phenoxy) is 1. The van der Waals surface area contributed by atoms with Gasteiger partial charge in [0, 0.05) is 31.1 Å². The van der Waals surface area contributed by atoms with Crippen LogP contribution >= 0.6 is 0 Å². The highest BCUT2D eigenvalue weighted by atomic mass is 16.5. The van der Waals surface area contributed by atoms with Gasteiger partial charge in [0.05, 0.1) is 12.7 Å². The van der Waals surface area contributed by atoms with Crippen LogP contribution in [-0.4, -0.2) is 27.5 Å². The third kappa shape index (κ3) is 3.67. The minimum atomic E-state index is 0.262. The van der Waals surface area contributed by atoms with Gasteiger partial charge < -0.3 is 14.2 Å². The Bertz CT molecular complexity index is 723. The first kappa shape index (κ1) is 16.1. The largest absolute Gasteiger partial charge is 0.486 e. The van der Waals surface area contributed by atoms with Gasteiger partial charge >= 0.3 is 0 Å². The smallest absolute Gasteiger partial charge is 0.223 e. The second kappa shape index (κ2) is 7.25. The molecule has 6 nitrogen and oxygen atoms in total. The lowest BCUT2D eigenvalue weighted by Gasteiger charge is -2.27. The summed E-state index contributed by atoms with van der Waals surface area (Å²) < 4.78 is 11.2. The van der Waals surface area contributed by atoms with Crippen molar-refractivity contribution in [1.29, 1.82) is 0 Å². The van der Waals surface area contributed by atoms with Crippen molar-refractivity contribution < 1.29 is 14.1 Å². The van der Waals surface area contributed by atoms with Crippen molar-refractivity contribution in [2.75, 3.05) is 6.54 Å². The second-order valence-corrected chi connectivity index (χ2v) is 6.93. The zero-order valence-electron chi connectivity index (χ0n) is 14.3. The molecule has 0 spiro atoms. The summed E-state index contributed by atoms with van der Waals surface area (Å²) in [7, 11) is 0. The number of carbonyl (C=O) groups excluding carboxylic acids is 1. The number of hydrogen-bond acceptors (Lipinski definition) is 5. The molecule has 1 aliphatic heterocycles. The van der Waals surface area contributed by atoms with E-state index in [0.717, 1.165) is 30.0 Å². The van der Waals surface area contributed by atoms with Crippen LogP contribution in [-0.2, 0) is 24.4 Å². The Morgan fingerprint density at radius 3 is 3.04 bits per heavy atom. The van der Waals surface area contributed by atoms with Gasteiger partial charge in [-0.25, -0.2) is 0 Å². The van der Waals surface area contributed by atoms with E-state index >= 15 is 0 Å². The molecular weight excluding hydrogens is 318 g/mol. The molecule has 0 unspecified atom stereocenters. The number of aromatic nitrogens is 2. The van der Waals surface area contributed by atoms with E-state index in [-0.39, 0.29) is 5.91 Å². The summed E-state index contributed by atoms with van der Waals surface area (Å²) in [6, 6.07) is 3.69. The van der Waals surface area contributed by atoms with Crippen LogP contribution in [0.1, 0.15) is 49.1 Å². The Balaban J connectivity index is 1.39. The lowest BCUT2D eigenvalue weighted by atomic mass is 10.0. The highest BCUT2D eigenvalue weighted by Crippen LogP contribution is 2.30. The Hall–Kier alpha value is -2.37. The van der Waals surface area contributed by atoms with Crippen LogP contribution in [0.4, 0.5) is 0 Å². The number of fused-ring (bicyclic) bond motifs is 1. The third-order valence-corrected chi connectivity index (χ3v) is 5.21. The fourth-order valence-electron chi connectivity index (χ4n) is 3.76. The first-order chi connectivity index (χ1) is 12.3. The number of nitrogens with zero attached hydrogens (tertiary/aromatic N) is 3. The molecule has 2 aromatic heterocycles. The monoisotopic (exact) mass is 341 g/mol. The van der Waals surface area contributed by atoms with Crippen LogP contribution in [0.3, 0.4) is 0 Å². The molecule has 2 aromatic rings. The molecule has 1 saturated carbocycles. The predicted molar refractivity (Wildman–Crippen MR) is 90.8 cm³/mol. The minimum absolute atomic E-state index is 0.262. The van der Waals surface area contributed by atoms with Gasteiger partial charge in [-0.3, -0.25) is 9.78 Å². The zero-order chi connectivity index (χ0) is 17.1. The Kier molecular flexibility index (Phi) is 4.68. The van der Waals surface area contributed by atoms with Crippen molar-refractivity contribution in [2.45, 2.75) is 51.7 Å².